The molecule has 0 fully saturated rings. The van der Waals surface area contributed by atoms with Crippen LogP contribution in [0, 0.1) is 6.92 Å². The van der Waals surface area contributed by atoms with E-state index >= 15 is 0 Å². The number of rotatable bonds is 5. The molecule has 0 aliphatic heterocycles. The number of para-hydroxylation sites is 1. The van der Waals surface area contributed by atoms with Gasteiger partial charge in [0.1, 0.15) is 5.75 Å². The highest BCUT2D eigenvalue weighted by atomic mass is 32.1. The van der Waals surface area contributed by atoms with Crippen LogP contribution in [0.4, 0.5) is 0 Å². The second kappa shape index (κ2) is 6.54. The summed E-state index contributed by atoms with van der Waals surface area (Å²) in [7, 11) is 1.55. The molecule has 0 radical (unpaired) electrons. The molecular weight excluding hydrogens is 274 g/mol. The van der Waals surface area contributed by atoms with Gasteiger partial charge in [-0.1, -0.05) is 18.2 Å². The molecule has 4 nitrogen and oxygen atoms in total. The van der Waals surface area contributed by atoms with Crippen LogP contribution in [-0.4, -0.2) is 24.7 Å². The average Bonchev–Trinajstić information content (AvgIpc) is 2.91. The van der Waals surface area contributed by atoms with Gasteiger partial charge < -0.3 is 15.2 Å². The molecule has 0 bridgehead atoms. The molecule has 0 aliphatic carbocycles. The zero-order valence-electron chi connectivity index (χ0n) is 11.4. The number of carbonyl (C=O) groups is 1. The SMILES string of the molecule is COc1ccccc1[C@H](O)CNC(=O)c1ccc(C)s1. The van der Waals surface area contributed by atoms with Gasteiger partial charge in [-0.15, -0.1) is 11.3 Å². The molecule has 1 amide bonds. The molecule has 1 heterocycles. The van der Waals surface area contributed by atoms with E-state index in [9.17, 15) is 9.90 Å². The molecule has 20 heavy (non-hydrogen) atoms. The molecule has 106 valence electrons. The molecule has 0 spiro atoms. The molecule has 0 aliphatic rings. The monoisotopic (exact) mass is 291 g/mol. The third-order valence-electron chi connectivity index (χ3n) is 2.92. The zero-order chi connectivity index (χ0) is 14.5. The van der Waals surface area contributed by atoms with Crippen molar-refractivity contribution in [3.63, 3.8) is 0 Å². The van der Waals surface area contributed by atoms with Crippen LogP contribution < -0.4 is 10.1 Å². The molecular formula is C15H17NO3S. The van der Waals surface area contributed by atoms with Gasteiger partial charge in [0.25, 0.3) is 5.91 Å². The number of methoxy groups -OCH3 is 1. The smallest absolute Gasteiger partial charge is 0.261 e. The number of aryl methyl sites for hydroxylation is 1. The fourth-order valence-corrected chi connectivity index (χ4v) is 2.67. The Morgan fingerprint density at radius 2 is 2.10 bits per heavy atom. The lowest BCUT2D eigenvalue weighted by Gasteiger charge is -2.15. The number of carbonyl (C=O) groups excluding carboxylic acids is 1. The Labute approximate surface area is 122 Å². The summed E-state index contributed by atoms with van der Waals surface area (Å²) in [4.78, 5) is 13.6. The van der Waals surface area contributed by atoms with E-state index in [4.69, 9.17) is 4.74 Å². The molecule has 0 saturated carbocycles. The van der Waals surface area contributed by atoms with E-state index in [1.54, 1.807) is 25.3 Å². The maximum atomic E-state index is 11.9. The van der Waals surface area contributed by atoms with Crippen LogP contribution in [0.1, 0.15) is 26.2 Å². The lowest BCUT2D eigenvalue weighted by atomic mass is 10.1. The van der Waals surface area contributed by atoms with E-state index in [0.717, 1.165) is 4.88 Å². The molecule has 1 aromatic carbocycles. The van der Waals surface area contributed by atoms with Crippen LogP contribution in [-0.2, 0) is 0 Å². The van der Waals surface area contributed by atoms with Gasteiger partial charge in [0.2, 0.25) is 0 Å². The summed E-state index contributed by atoms with van der Waals surface area (Å²) in [5.74, 6) is 0.443. The number of hydrogen-bond acceptors (Lipinski definition) is 4. The Kier molecular flexibility index (Phi) is 4.76. The van der Waals surface area contributed by atoms with Gasteiger partial charge in [-0.25, -0.2) is 0 Å². The maximum Gasteiger partial charge on any atom is 0.261 e. The summed E-state index contributed by atoms with van der Waals surface area (Å²) in [6, 6.07) is 10.9. The van der Waals surface area contributed by atoms with Crippen LogP contribution in [0.25, 0.3) is 0 Å². The highest BCUT2D eigenvalue weighted by Crippen LogP contribution is 2.24. The summed E-state index contributed by atoms with van der Waals surface area (Å²) in [5.41, 5.74) is 0.665. The van der Waals surface area contributed by atoms with Crippen LogP contribution in [0.5, 0.6) is 5.75 Å². The van der Waals surface area contributed by atoms with Crippen molar-refractivity contribution in [3.8, 4) is 5.75 Å². The third-order valence-corrected chi connectivity index (χ3v) is 3.92. The first-order valence-corrected chi connectivity index (χ1v) is 7.09. The number of thiophene rings is 1. The van der Waals surface area contributed by atoms with E-state index in [1.165, 1.54) is 11.3 Å². The Morgan fingerprint density at radius 3 is 2.75 bits per heavy atom. The Balaban J connectivity index is 1.98. The van der Waals surface area contributed by atoms with Crippen molar-refractivity contribution in [2.45, 2.75) is 13.0 Å². The highest BCUT2D eigenvalue weighted by Gasteiger charge is 2.15. The van der Waals surface area contributed by atoms with E-state index < -0.39 is 6.10 Å². The predicted molar refractivity (Wildman–Crippen MR) is 79.3 cm³/mol. The van der Waals surface area contributed by atoms with Crippen molar-refractivity contribution < 1.29 is 14.6 Å². The number of amides is 1. The second-order valence-electron chi connectivity index (χ2n) is 4.38. The van der Waals surface area contributed by atoms with Gasteiger partial charge in [-0.05, 0) is 25.1 Å². The van der Waals surface area contributed by atoms with Crippen molar-refractivity contribution in [2.24, 2.45) is 0 Å². The fraction of sp³-hybridized carbons (Fsp3) is 0.267. The maximum absolute atomic E-state index is 11.9. The van der Waals surface area contributed by atoms with E-state index in [0.29, 0.717) is 16.2 Å². The van der Waals surface area contributed by atoms with E-state index in [-0.39, 0.29) is 12.5 Å². The molecule has 2 rings (SSSR count). The number of benzene rings is 1. The minimum Gasteiger partial charge on any atom is -0.496 e. The summed E-state index contributed by atoms with van der Waals surface area (Å²) >= 11 is 1.43. The molecule has 1 aromatic heterocycles. The Bertz CT molecular complexity index is 594. The van der Waals surface area contributed by atoms with Gasteiger partial charge in [-0.2, -0.15) is 0 Å². The minimum atomic E-state index is -0.795. The van der Waals surface area contributed by atoms with Gasteiger partial charge in [0, 0.05) is 17.0 Å². The van der Waals surface area contributed by atoms with Crippen LogP contribution in [0.3, 0.4) is 0 Å². The van der Waals surface area contributed by atoms with Crippen molar-refractivity contribution in [2.75, 3.05) is 13.7 Å². The number of nitrogens with one attached hydrogen (secondary N) is 1. The number of ether oxygens (including phenoxy) is 1. The first kappa shape index (κ1) is 14.6. The number of hydrogen-bond donors (Lipinski definition) is 2. The van der Waals surface area contributed by atoms with Crippen molar-refractivity contribution >= 4 is 17.2 Å². The first-order valence-electron chi connectivity index (χ1n) is 6.27. The molecule has 2 N–H and O–H groups in total. The summed E-state index contributed by atoms with van der Waals surface area (Å²) in [5, 5.41) is 12.9. The Morgan fingerprint density at radius 1 is 1.35 bits per heavy atom. The largest absolute Gasteiger partial charge is 0.496 e. The number of aliphatic hydroxyl groups is 1. The van der Waals surface area contributed by atoms with Crippen molar-refractivity contribution in [1.82, 2.24) is 5.32 Å². The fourth-order valence-electron chi connectivity index (χ4n) is 1.88. The van der Waals surface area contributed by atoms with Crippen molar-refractivity contribution in [1.29, 1.82) is 0 Å². The Hall–Kier alpha value is -1.85. The van der Waals surface area contributed by atoms with Crippen LogP contribution in [0.2, 0.25) is 0 Å². The van der Waals surface area contributed by atoms with E-state index in [1.807, 2.05) is 25.1 Å². The summed E-state index contributed by atoms with van der Waals surface area (Å²) in [6.07, 6.45) is -0.795. The van der Waals surface area contributed by atoms with Crippen LogP contribution >= 0.6 is 11.3 Å². The lowest BCUT2D eigenvalue weighted by molar-refractivity contribution is 0.0918. The van der Waals surface area contributed by atoms with Gasteiger partial charge in [-0.3, -0.25) is 4.79 Å². The normalized spacial score (nSPS) is 11.9. The topological polar surface area (TPSA) is 58.6 Å². The molecule has 5 heteroatoms. The van der Waals surface area contributed by atoms with Crippen molar-refractivity contribution in [3.05, 3.63) is 51.7 Å². The highest BCUT2D eigenvalue weighted by molar-refractivity contribution is 7.13. The quantitative estimate of drug-likeness (QED) is 0.890. The van der Waals surface area contributed by atoms with E-state index in [2.05, 4.69) is 5.32 Å². The molecule has 0 unspecified atom stereocenters. The first-order chi connectivity index (χ1) is 9.61. The third kappa shape index (κ3) is 3.37. The lowest BCUT2D eigenvalue weighted by Crippen LogP contribution is -2.27. The minimum absolute atomic E-state index is 0.149. The molecule has 0 saturated heterocycles. The standard InChI is InChI=1S/C15H17NO3S/c1-10-7-8-14(20-10)15(18)16-9-12(17)11-5-3-4-6-13(11)19-2/h3-8,12,17H,9H2,1-2H3,(H,16,18)/t12-/m1/s1. The van der Waals surface area contributed by atoms with Crippen LogP contribution in [0.15, 0.2) is 36.4 Å². The van der Waals surface area contributed by atoms with Gasteiger partial charge in [0.15, 0.2) is 0 Å². The zero-order valence-corrected chi connectivity index (χ0v) is 12.2. The average molecular weight is 291 g/mol. The number of aliphatic hydroxyl groups excluding tert-OH is 1. The summed E-state index contributed by atoms with van der Waals surface area (Å²) in [6.45, 7) is 2.10. The van der Waals surface area contributed by atoms with Gasteiger partial charge in [0.05, 0.1) is 18.1 Å². The molecule has 2 aromatic rings. The van der Waals surface area contributed by atoms with Gasteiger partial charge >= 0.3 is 0 Å². The predicted octanol–water partition coefficient (Wildman–Crippen LogP) is 2.53. The summed E-state index contributed by atoms with van der Waals surface area (Å²) < 4.78 is 5.19. The second-order valence-corrected chi connectivity index (χ2v) is 5.67. The molecule has 1 atom stereocenters.